The minimum Gasteiger partial charge on any atom is -0.466 e. The summed E-state index contributed by atoms with van der Waals surface area (Å²) in [6, 6.07) is 6.77. The first kappa shape index (κ1) is 21.4. The number of hydrogen-bond acceptors (Lipinski definition) is 7. The lowest BCUT2D eigenvalue weighted by atomic mass is 9.97. The van der Waals surface area contributed by atoms with Crippen LogP contribution in [-0.4, -0.2) is 58.8 Å². The van der Waals surface area contributed by atoms with Gasteiger partial charge in [-0.2, -0.15) is 5.10 Å². The third-order valence-electron chi connectivity index (χ3n) is 4.99. The second kappa shape index (κ2) is 9.43. The maximum atomic E-state index is 12.9. The van der Waals surface area contributed by atoms with Gasteiger partial charge < -0.3 is 20.1 Å². The third-order valence-corrected chi connectivity index (χ3v) is 4.99. The number of rotatable bonds is 6. The molecule has 2 heterocycles. The molecule has 1 aliphatic heterocycles. The summed E-state index contributed by atoms with van der Waals surface area (Å²) in [6.45, 7) is 5.02. The topological polar surface area (TPSA) is 117 Å². The summed E-state index contributed by atoms with van der Waals surface area (Å²) in [4.78, 5) is 38.5. The highest BCUT2D eigenvalue weighted by molar-refractivity contribution is 5.95. The van der Waals surface area contributed by atoms with Crippen LogP contribution in [0.2, 0.25) is 0 Å². The largest absolute Gasteiger partial charge is 0.466 e. The first-order chi connectivity index (χ1) is 14.5. The second-order valence-corrected chi connectivity index (χ2v) is 6.97. The van der Waals surface area contributed by atoms with Crippen molar-refractivity contribution < 1.29 is 23.9 Å². The van der Waals surface area contributed by atoms with Crippen molar-refractivity contribution in [2.75, 3.05) is 32.0 Å². The Morgan fingerprint density at radius 3 is 2.50 bits per heavy atom. The van der Waals surface area contributed by atoms with E-state index in [2.05, 4.69) is 5.10 Å². The van der Waals surface area contributed by atoms with Crippen LogP contribution in [0.4, 0.5) is 5.82 Å². The van der Waals surface area contributed by atoms with Crippen LogP contribution in [-0.2, 0) is 14.3 Å². The number of nitrogens with two attached hydrogens (primary N) is 1. The van der Waals surface area contributed by atoms with Crippen LogP contribution < -0.4 is 5.73 Å². The van der Waals surface area contributed by atoms with Crippen molar-refractivity contribution in [1.82, 2.24) is 14.7 Å². The zero-order valence-electron chi connectivity index (χ0n) is 17.2. The molecule has 1 fully saturated rings. The SMILES string of the molecule is CCOC(=O)c1cnn(-c2ccc(C(=O)N3CCC[C@H](C(=O)OCC)C3)cc2)c1N. The highest BCUT2D eigenvalue weighted by atomic mass is 16.5. The maximum Gasteiger partial charge on any atom is 0.343 e. The summed E-state index contributed by atoms with van der Waals surface area (Å²) < 4.78 is 11.5. The molecule has 0 aliphatic carbocycles. The van der Waals surface area contributed by atoms with Crippen LogP contribution in [0.1, 0.15) is 47.4 Å². The fraction of sp³-hybridized carbons (Fsp3) is 0.429. The van der Waals surface area contributed by atoms with E-state index < -0.39 is 5.97 Å². The predicted octanol–water partition coefficient (Wildman–Crippen LogP) is 2.05. The summed E-state index contributed by atoms with van der Waals surface area (Å²) in [5.74, 6) is -1.05. The standard InChI is InChI=1S/C21H26N4O5/c1-3-29-20(27)15-6-5-11-24(13-15)19(26)14-7-9-16(10-8-14)25-18(22)17(12-23-25)21(28)30-4-2/h7-10,12,15H,3-6,11,13,22H2,1-2H3/t15-/m0/s1. The zero-order valence-corrected chi connectivity index (χ0v) is 17.2. The molecule has 160 valence electrons. The molecule has 9 heteroatoms. The van der Waals surface area contributed by atoms with Crippen LogP contribution >= 0.6 is 0 Å². The van der Waals surface area contributed by atoms with Gasteiger partial charge in [0.1, 0.15) is 11.4 Å². The molecule has 3 rings (SSSR count). The Bertz CT molecular complexity index is 922. The number of amides is 1. The van der Waals surface area contributed by atoms with E-state index in [0.717, 1.165) is 12.8 Å². The summed E-state index contributed by atoms with van der Waals surface area (Å²) >= 11 is 0. The predicted molar refractivity (Wildman–Crippen MR) is 109 cm³/mol. The lowest BCUT2D eigenvalue weighted by molar-refractivity contribution is -0.149. The van der Waals surface area contributed by atoms with E-state index in [1.165, 1.54) is 10.9 Å². The van der Waals surface area contributed by atoms with Gasteiger partial charge >= 0.3 is 11.9 Å². The molecule has 0 spiro atoms. The molecule has 0 saturated carbocycles. The Morgan fingerprint density at radius 1 is 1.13 bits per heavy atom. The number of carbonyl (C=O) groups is 3. The van der Waals surface area contributed by atoms with Gasteiger partial charge in [0.05, 0.1) is 31.0 Å². The number of carbonyl (C=O) groups excluding carboxylic acids is 3. The first-order valence-corrected chi connectivity index (χ1v) is 10.0. The van der Waals surface area contributed by atoms with Crippen molar-refractivity contribution in [3.8, 4) is 5.69 Å². The molecular weight excluding hydrogens is 388 g/mol. The third kappa shape index (κ3) is 4.45. The summed E-state index contributed by atoms with van der Waals surface area (Å²) in [5.41, 5.74) is 7.33. The quantitative estimate of drug-likeness (QED) is 0.719. The Labute approximate surface area is 174 Å². The average molecular weight is 414 g/mol. The number of ether oxygens (including phenoxy) is 2. The number of benzene rings is 1. The molecule has 30 heavy (non-hydrogen) atoms. The summed E-state index contributed by atoms with van der Waals surface area (Å²) in [7, 11) is 0. The number of piperidine rings is 1. The van der Waals surface area contributed by atoms with Crippen molar-refractivity contribution in [1.29, 1.82) is 0 Å². The van der Waals surface area contributed by atoms with Crippen LogP contribution in [0.5, 0.6) is 0 Å². The van der Waals surface area contributed by atoms with Gasteiger partial charge in [-0.3, -0.25) is 9.59 Å². The molecular formula is C21H26N4O5. The zero-order chi connectivity index (χ0) is 21.7. The van der Waals surface area contributed by atoms with Crippen LogP contribution in [0.25, 0.3) is 5.69 Å². The molecule has 0 unspecified atom stereocenters. The molecule has 2 N–H and O–H groups in total. The molecule has 1 aromatic carbocycles. The number of hydrogen-bond donors (Lipinski definition) is 1. The van der Waals surface area contributed by atoms with Crippen molar-refractivity contribution >= 4 is 23.7 Å². The van der Waals surface area contributed by atoms with E-state index in [1.54, 1.807) is 43.0 Å². The van der Waals surface area contributed by atoms with Crippen molar-refractivity contribution in [3.63, 3.8) is 0 Å². The average Bonchev–Trinajstić information content (AvgIpc) is 3.15. The Kier molecular flexibility index (Phi) is 6.71. The number of nitrogens with zero attached hydrogens (tertiary/aromatic N) is 3. The first-order valence-electron chi connectivity index (χ1n) is 10.0. The van der Waals surface area contributed by atoms with Crippen LogP contribution in [0.15, 0.2) is 30.5 Å². The molecule has 1 atom stereocenters. The fourth-order valence-electron chi connectivity index (χ4n) is 3.47. The number of likely N-dealkylation sites (tertiary alicyclic amines) is 1. The maximum absolute atomic E-state index is 12.9. The lowest BCUT2D eigenvalue weighted by Gasteiger charge is -2.31. The van der Waals surface area contributed by atoms with Crippen LogP contribution in [0, 0.1) is 5.92 Å². The van der Waals surface area contributed by atoms with E-state index >= 15 is 0 Å². The van der Waals surface area contributed by atoms with Gasteiger partial charge in [0.2, 0.25) is 0 Å². The molecule has 1 saturated heterocycles. The summed E-state index contributed by atoms with van der Waals surface area (Å²) in [5, 5.41) is 4.14. The molecule has 2 aromatic rings. The summed E-state index contributed by atoms with van der Waals surface area (Å²) in [6.07, 6.45) is 2.84. The van der Waals surface area contributed by atoms with Gasteiger partial charge in [-0.25, -0.2) is 9.48 Å². The van der Waals surface area contributed by atoms with Crippen molar-refractivity contribution in [2.24, 2.45) is 5.92 Å². The van der Waals surface area contributed by atoms with Gasteiger partial charge in [0.25, 0.3) is 5.91 Å². The monoisotopic (exact) mass is 414 g/mol. The minimum atomic E-state index is -0.533. The van der Waals surface area contributed by atoms with E-state index in [0.29, 0.717) is 30.9 Å². The number of nitrogen functional groups attached to an aromatic ring is 1. The molecule has 9 nitrogen and oxygen atoms in total. The van der Waals surface area contributed by atoms with Crippen molar-refractivity contribution in [3.05, 3.63) is 41.6 Å². The van der Waals surface area contributed by atoms with E-state index in [1.807, 2.05) is 0 Å². The van der Waals surface area contributed by atoms with Gasteiger partial charge in [-0.05, 0) is 51.0 Å². The molecule has 1 amide bonds. The second-order valence-electron chi connectivity index (χ2n) is 6.97. The van der Waals surface area contributed by atoms with Gasteiger partial charge in [0.15, 0.2) is 0 Å². The number of esters is 2. The number of aromatic nitrogens is 2. The van der Waals surface area contributed by atoms with E-state index in [4.69, 9.17) is 15.2 Å². The molecule has 0 radical (unpaired) electrons. The molecule has 1 aliphatic rings. The molecule has 0 bridgehead atoms. The lowest BCUT2D eigenvalue weighted by Crippen LogP contribution is -2.42. The Balaban J connectivity index is 1.72. The Hall–Kier alpha value is -3.36. The van der Waals surface area contributed by atoms with Gasteiger partial charge in [-0.1, -0.05) is 0 Å². The highest BCUT2D eigenvalue weighted by Crippen LogP contribution is 2.22. The molecule has 1 aromatic heterocycles. The van der Waals surface area contributed by atoms with Crippen molar-refractivity contribution in [2.45, 2.75) is 26.7 Å². The fourth-order valence-corrected chi connectivity index (χ4v) is 3.47. The smallest absolute Gasteiger partial charge is 0.343 e. The van der Waals surface area contributed by atoms with E-state index in [-0.39, 0.29) is 35.8 Å². The highest BCUT2D eigenvalue weighted by Gasteiger charge is 2.29. The van der Waals surface area contributed by atoms with Crippen LogP contribution in [0.3, 0.4) is 0 Å². The van der Waals surface area contributed by atoms with E-state index in [9.17, 15) is 14.4 Å². The minimum absolute atomic E-state index is 0.142. The van der Waals surface area contributed by atoms with Gasteiger partial charge in [-0.15, -0.1) is 0 Å². The number of anilines is 1. The van der Waals surface area contributed by atoms with Gasteiger partial charge in [0, 0.05) is 18.7 Å². The normalized spacial score (nSPS) is 16.2. The Morgan fingerprint density at radius 2 is 1.83 bits per heavy atom.